The number of anilines is 1. The van der Waals surface area contributed by atoms with E-state index in [4.69, 9.17) is 9.47 Å². The standard InChI is InChI=1S/C23H19Br2N3O5S/c1-15-5-7-19(8-6-15)34(30,31)28(18-4-2-3-17(24)10-18)13-23(29)27-26-12-16-9-21-22(11-20(16)25)33-14-32-21/h2-12H,13-14H2,1H3,(H,27,29)/b26-12+. The summed E-state index contributed by atoms with van der Waals surface area (Å²) < 4.78 is 39.9. The van der Waals surface area contributed by atoms with Crippen LogP contribution in [0.15, 0.2) is 79.6 Å². The molecule has 1 aliphatic heterocycles. The van der Waals surface area contributed by atoms with E-state index < -0.39 is 22.5 Å². The SMILES string of the molecule is Cc1ccc(S(=O)(=O)N(CC(=O)N/N=C/c2cc3c(cc2Br)OCO3)c2cccc(Br)c2)cc1. The Morgan fingerprint density at radius 2 is 1.79 bits per heavy atom. The van der Waals surface area contributed by atoms with Gasteiger partial charge >= 0.3 is 0 Å². The second kappa shape index (κ2) is 10.2. The summed E-state index contributed by atoms with van der Waals surface area (Å²) >= 11 is 6.78. The van der Waals surface area contributed by atoms with Crippen LogP contribution in [-0.4, -0.2) is 33.9 Å². The van der Waals surface area contributed by atoms with E-state index in [1.165, 1.54) is 18.3 Å². The molecule has 0 fully saturated rings. The summed E-state index contributed by atoms with van der Waals surface area (Å²) in [4.78, 5) is 12.8. The van der Waals surface area contributed by atoms with E-state index in [1.54, 1.807) is 48.5 Å². The van der Waals surface area contributed by atoms with Gasteiger partial charge < -0.3 is 9.47 Å². The number of hydrogen-bond donors (Lipinski definition) is 1. The number of carbonyl (C=O) groups excluding carboxylic acids is 1. The van der Waals surface area contributed by atoms with Crippen LogP contribution in [0.3, 0.4) is 0 Å². The Morgan fingerprint density at radius 3 is 2.50 bits per heavy atom. The van der Waals surface area contributed by atoms with Gasteiger partial charge in [0.2, 0.25) is 6.79 Å². The van der Waals surface area contributed by atoms with Crippen molar-refractivity contribution in [2.75, 3.05) is 17.6 Å². The lowest BCUT2D eigenvalue weighted by Gasteiger charge is -2.24. The van der Waals surface area contributed by atoms with Gasteiger partial charge in [0.05, 0.1) is 16.8 Å². The van der Waals surface area contributed by atoms with E-state index in [-0.39, 0.29) is 11.7 Å². The van der Waals surface area contributed by atoms with Crippen LogP contribution >= 0.6 is 31.9 Å². The van der Waals surface area contributed by atoms with Crippen molar-refractivity contribution in [1.29, 1.82) is 0 Å². The first kappa shape index (κ1) is 24.2. The summed E-state index contributed by atoms with van der Waals surface area (Å²) in [5.41, 5.74) is 4.31. The smallest absolute Gasteiger partial charge is 0.264 e. The molecule has 3 aromatic rings. The van der Waals surface area contributed by atoms with E-state index in [2.05, 4.69) is 42.4 Å². The van der Waals surface area contributed by atoms with Crippen LogP contribution in [0.25, 0.3) is 0 Å². The second-order valence-corrected chi connectivity index (χ2v) is 11.0. The third-order valence-electron chi connectivity index (χ3n) is 4.88. The predicted molar refractivity (Wildman–Crippen MR) is 136 cm³/mol. The molecule has 0 radical (unpaired) electrons. The zero-order chi connectivity index (χ0) is 24.3. The number of benzene rings is 3. The number of ether oxygens (including phenoxy) is 2. The van der Waals surface area contributed by atoms with Crippen LogP contribution in [0.2, 0.25) is 0 Å². The molecule has 176 valence electrons. The molecule has 0 bridgehead atoms. The number of hydrogen-bond acceptors (Lipinski definition) is 6. The lowest BCUT2D eigenvalue weighted by atomic mass is 10.2. The minimum Gasteiger partial charge on any atom is -0.454 e. The van der Waals surface area contributed by atoms with Crippen molar-refractivity contribution >= 4 is 59.7 Å². The molecule has 0 atom stereocenters. The van der Waals surface area contributed by atoms with Crippen LogP contribution in [0, 0.1) is 6.92 Å². The number of rotatable bonds is 7. The van der Waals surface area contributed by atoms with Crippen molar-refractivity contribution in [3.63, 3.8) is 0 Å². The van der Waals surface area contributed by atoms with Gasteiger partial charge in [-0.05, 0) is 65.3 Å². The molecule has 0 unspecified atom stereocenters. The Balaban J connectivity index is 1.55. The number of fused-ring (bicyclic) bond motifs is 1. The largest absolute Gasteiger partial charge is 0.454 e. The van der Waals surface area contributed by atoms with Crippen LogP contribution in [-0.2, 0) is 14.8 Å². The summed E-state index contributed by atoms with van der Waals surface area (Å²) in [6, 6.07) is 16.6. The van der Waals surface area contributed by atoms with Crippen molar-refractivity contribution < 1.29 is 22.7 Å². The fourth-order valence-electron chi connectivity index (χ4n) is 3.16. The lowest BCUT2D eigenvalue weighted by molar-refractivity contribution is -0.119. The quantitative estimate of drug-likeness (QED) is 0.312. The van der Waals surface area contributed by atoms with E-state index in [1.807, 2.05) is 6.92 Å². The highest BCUT2D eigenvalue weighted by Gasteiger charge is 2.27. The Morgan fingerprint density at radius 1 is 1.09 bits per heavy atom. The number of hydrazone groups is 1. The number of sulfonamides is 1. The van der Waals surface area contributed by atoms with Gasteiger partial charge in [-0.2, -0.15) is 5.10 Å². The molecular weight excluding hydrogens is 590 g/mol. The zero-order valence-electron chi connectivity index (χ0n) is 17.9. The van der Waals surface area contributed by atoms with Gasteiger partial charge in [-0.3, -0.25) is 9.10 Å². The summed E-state index contributed by atoms with van der Waals surface area (Å²) in [6.07, 6.45) is 1.43. The van der Waals surface area contributed by atoms with Crippen molar-refractivity contribution in [3.8, 4) is 11.5 Å². The van der Waals surface area contributed by atoms with Crippen LogP contribution in [0.4, 0.5) is 5.69 Å². The molecule has 3 aromatic carbocycles. The number of carbonyl (C=O) groups is 1. The second-order valence-electron chi connectivity index (χ2n) is 7.32. The fourth-order valence-corrected chi connectivity index (χ4v) is 5.38. The van der Waals surface area contributed by atoms with Crippen LogP contribution < -0.4 is 19.2 Å². The van der Waals surface area contributed by atoms with Gasteiger partial charge in [0.1, 0.15) is 6.54 Å². The first-order valence-electron chi connectivity index (χ1n) is 10.00. The monoisotopic (exact) mass is 607 g/mol. The number of halogens is 2. The molecule has 0 saturated heterocycles. The zero-order valence-corrected chi connectivity index (χ0v) is 21.9. The topological polar surface area (TPSA) is 97.3 Å². The first-order valence-corrected chi connectivity index (χ1v) is 13.0. The molecule has 0 spiro atoms. The molecule has 1 amide bonds. The number of aryl methyl sites for hydroxylation is 1. The molecule has 4 rings (SSSR count). The highest BCUT2D eigenvalue weighted by molar-refractivity contribution is 9.10. The maximum atomic E-state index is 13.4. The molecule has 0 aromatic heterocycles. The van der Waals surface area contributed by atoms with Gasteiger partial charge in [-0.25, -0.2) is 13.8 Å². The molecule has 0 aliphatic carbocycles. The van der Waals surface area contributed by atoms with Crippen molar-refractivity contribution in [1.82, 2.24) is 5.43 Å². The molecule has 1 heterocycles. The third-order valence-corrected chi connectivity index (χ3v) is 7.85. The highest BCUT2D eigenvalue weighted by Crippen LogP contribution is 2.36. The molecular formula is C23H19Br2N3O5S. The molecule has 34 heavy (non-hydrogen) atoms. The average Bonchev–Trinajstić information content (AvgIpc) is 3.25. The van der Waals surface area contributed by atoms with Gasteiger partial charge in [-0.1, -0.05) is 39.7 Å². The number of nitrogens with zero attached hydrogens (tertiary/aromatic N) is 2. The lowest BCUT2D eigenvalue weighted by Crippen LogP contribution is -2.39. The van der Waals surface area contributed by atoms with Gasteiger partial charge in [0, 0.05) is 14.5 Å². The van der Waals surface area contributed by atoms with E-state index in [9.17, 15) is 13.2 Å². The predicted octanol–water partition coefficient (Wildman–Crippen LogP) is 4.59. The summed E-state index contributed by atoms with van der Waals surface area (Å²) in [7, 11) is -4.01. The van der Waals surface area contributed by atoms with Crippen LogP contribution in [0.5, 0.6) is 11.5 Å². The Bertz CT molecular complexity index is 1360. The minimum absolute atomic E-state index is 0.0821. The Kier molecular flexibility index (Phi) is 7.24. The van der Waals surface area contributed by atoms with Crippen molar-refractivity contribution in [2.24, 2.45) is 5.10 Å². The Labute approximate surface area is 213 Å². The van der Waals surface area contributed by atoms with Crippen molar-refractivity contribution in [2.45, 2.75) is 11.8 Å². The molecule has 1 N–H and O–H groups in total. The average molecular weight is 609 g/mol. The van der Waals surface area contributed by atoms with Gasteiger partial charge in [0.25, 0.3) is 15.9 Å². The van der Waals surface area contributed by atoms with E-state index in [0.29, 0.717) is 31.7 Å². The number of nitrogens with one attached hydrogen (secondary N) is 1. The number of amides is 1. The maximum absolute atomic E-state index is 13.4. The van der Waals surface area contributed by atoms with Crippen molar-refractivity contribution in [3.05, 3.63) is 80.7 Å². The van der Waals surface area contributed by atoms with Gasteiger partial charge in [0.15, 0.2) is 11.5 Å². The summed E-state index contributed by atoms with van der Waals surface area (Å²) in [5.74, 6) is 0.573. The molecule has 0 saturated carbocycles. The summed E-state index contributed by atoms with van der Waals surface area (Å²) in [6.45, 7) is 1.54. The van der Waals surface area contributed by atoms with Gasteiger partial charge in [-0.15, -0.1) is 0 Å². The van der Waals surface area contributed by atoms with Crippen LogP contribution in [0.1, 0.15) is 11.1 Å². The summed E-state index contributed by atoms with van der Waals surface area (Å²) in [5, 5.41) is 3.98. The fraction of sp³-hybridized carbons (Fsp3) is 0.130. The minimum atomic E-state index is -4.01. The highest BCUT2D eigenvalue weighted by atomic mass is 79.9. The third kappa shape index (κ3) is 5.43. The molecule has 11 heteroatoms. The normalized spacial score (nSPS) is 12.7. The van der Waals surface area contributed by atoms with E-state index in [0.717, 1.165) is 9.87 Å². The molecule has 8 nitrogen and oxygen atoms in total. The Hall–Kier alpha value is -2.89. The van der Waals surface area contributed by atoms with E-state index >= 15 is 0 Å². The maximum Gasteiger partial charge on any atom is 0.264 e. The first-order chi connectivity index (χ1) is 16.2. The molecule has 1 aliphatic rings.